The Hall–Kier alpha value is -2.19. The van der Waals surface area contributed by atoms with Gasteiger partial charge in [0, 0.05) is 5.41 Å². The van der Waals surface area contributed by atoms with E-state index in [1.807, 2.05) is 0 Å². The number of carbonyl (C=O) groups is 3. The Labute approximate surface area is 159 Å². The predicted octanol–water partition coefficient (Wildman–Crippen LogP) is 3.83. The van der Waals surface area contributed by atoms with Crippen LogP contribution in [0.4, 0.5) is 17.6 Å². The van der Waals surface area contributed by atoms with Crippen molar-refractivity contribution in [3.05, 3.63) is 24.1 Å². The van der Waals surface area contributed by atoms with Gasteiger partial charge in [-0.15, -0.1) is 0 Å². The zero-order valence-corrected chi connectivity index (χ0v) is 15.8. The van der Waals surface area contributed by atoms with Gasteiger partial charge >= 0.3 is 18.1 Å². The van der Waals surface area contributed by atoms with Crippen LogP contribution in [-0.2, 0) is 23.9 Å². The Morgan fingerprint density at radius 3 is 2.07 bits per heavy atom. The highest BCUT2D eigenvalue weighted by molar-refractivity contribution is 6.04. The molecule has 0 aromatic carbocycles. The molecule has 0 bridgehead atoms. The molecule has 0 amide bonds. The zero-order chi connectivity index (χ0) is 21.4. The van der Waals surface area contributed by atoms with E-state index in [1.165, 1.54) is 20.8 Å². The quantitative estimate of drug-likeness (QED) is 0.394. The third kappa shape index (κ3) is 3.71. The summed E-state index contributed by atoms with van der Waals surface area (Å²) in [4.78, 5) is 36.9. The number of halogens is 4. The number of ether oxygens (including phenoxy) is 2. The Kier molecular flexibility index (Phi) is 5.78. The van der Waals surface area contributed by atoms with Crippen LogP contribution in [0.5, 0.6) is 0 Å². The molecular formula is C19H22F4O5. The van der Waals surface area contributed by atoms with Crippen LogP contribution < -0.4 is 0 Å². The molecule has 0 N–H and O–H groups in total. The molecule has 0 heterocycles. The smallest absolute Gasteiger partial charge is 0.389 e. The maximum Gasteiger partial charge on any atom is 0.389 e. The molecule has 0 aromatic heterocycles. The lowest BCUT2D eigenvalue weighted by Gasteiger charge is -2.41. The number of ketones is 1. The van der Waals surface area contributed by atoms with Crippen molar-refractivity contribution < 1.29 is 41.4 Å². The van der Waals surface area contributed by atoms with Crippen molar-refractivity contribution >= 4 is 17.7 Å². The molecule has 2 aliphatic rings. The standard InChI is InChI=1S/C19H22F4O5/c1-4-27-14(25)18(15(26)28-5-2)9-16(3,10-19(21,22)23)17(11-18)7-6-13(24)12(20)8-17/h6-8H,4-5,9-11H2,1-3H3. The van der Waals surface area contributed by atoms with E-state index in [2.05, 4.69) is 0 Å². The first kappa shape index (κ1) is 22.1. The fourth-order valence-electron chi connectivity index (χ4n) is 4.32. The molecule has 2 rings (SSSR count). The van der Waals surface area contributed by atoms with E-state index < -0.39 is 65.2 Å². The molecule has 1 spiro atoms. The van der Waals surface area contributed by atoms with Gasteiger partial charge in [0.15, 0.2) is 11.2 Å². The van der Waals surface area contributed by atoms with Crippen molar-refractivity contribution in [1.82, 2.24) is 0 Å². The Bertz CT molecular complexity index is 721. The number of esters is 2. The zero-order valence-electron chi connectivity index (χ0n) is 15.8. The molecular weight excluding hydrogens is 384 g/mol. The van der Waals surface area contributed by atoms with Gasteiger partial charge < -0.3 is 9.47 Å². The molecule has 2 atom stereocenters. The lowest BCUT2D eigenvalue weighted by atomic mass is 9.63. The highest BCUT2D eigenvalue weighted by Gasteiger charge is 2.69. The summed E-state index contributed by atoms with van der Waals surface area (Å²) >= 11 is 0. The minimum atomic E-state index is -4.65. The molecule has 0 aliphatic heterocycles. The van der Waals surface area contributed by atoms with Crippen LogP contribution in [0, 0.1) is 16.2 Å². The minimum absolute atomic E-state index is 0.0957. The van der Waals surface area contributed by atoms with Crippen molar-refractivity contribution in [2.45, 2.75) is 46.2 Å². The number of hydrogen-bond donors (Lipinski definition) is 0. The van der Waals surface area contributed by atoms with Gasteiger partial charge in [-0.25, -0.2) is 4.39 Å². The van der Waals surface area contributed by atoms with Gasteiger partial charge in [0.05, 0.1) is 19.6 Å². The first-order valence-electron chi connectivity index (χ1n) is 8.88. The molecule has 5 nitrogen and oxygen atoms in total. The van der Waals surface area contributed by atoms with Gasteiger partial charge in [0.1, 0.15) is 0 Å². The van der Waals surface area contributed by atoms with E-state index in [9.17, 15) is 31.9 Å². The Morgan fingerprint density at radius 1 is 1.11 bits per heavy atom. The Balaban J connectivity index is 2.66. The molecule has 28 heavy (non-hydrogen) atoms. The lowest BCUT2D eigenvalue weighted by molar-refractivity contribution is -0.176. The van der Waals surface area contributed by atoms with Gasteiger partial charge in [0.25, 0.3) is 0 Å². The molecule has 9 heteroatoms. The summed E-state index contributed by atoms with van der Waals surface area (Å²) in [5, 5.41) is 0. The summed E-state index contributed by atoms with van der Waals surface area (Å²) < 4.78 is 64.2. The number of alkyl halides is 3. The number of allylic oxidation sites excluding steroid dienone is 4. The number of carbonyl (C=O) groups excluding carboxylic acids is 3. The molecule has 2 aliphatic carbocycles. The van der Waals surface area contributed by atoms with E-state index in [0.29, 0.717) is 0 Å². The summed E-state index contributed by atoms with van der Waals surface area (Å²) in [7, 11) is 0. The van der Waals surface area contributed by atoms with Crippen molar-refractivity contribution in [2.24, 2.45) is 16.2 Å². The second kappa shape index (κ2) is 7.33. The minimum Gasteiger partial charge on any atom is -0.465 e. The lowest BCUT2D eigenvalue weighted by Crippen LogP contribution is -2.41. The van der Waals surface area contributed by atoms with E-state index in [1.54, 1.807) is 0 Å². The molecule has 0 saturated heterocycles. The van der Waals surface area contributed by atoms with Crippen molar-refractivity contribution in [2.75, 3.05) is 13.2 Å². The highest BCUT2D eigenvalue weighted by atomic mass is 19.4. The van der Waals surface area contributed by atoms with Gasteiger partial charge in [-0.05, 0) is 44.3 Å². The summed E-state index contributed by atoms with van der Waals surface area (Å²) in [6.07, 6.45) is -4.29. The van der Waals surface area contributed by atoms with Gasteiger partial charge in [0.2, 0.25) is 5.78 Å². The van der Waals surface area contributed by atoms with E-state index in [4.69, 9.17) is 9.47 Å². The molecule has 2 unspecified atom stereocenters. The highest BCUT2D eigenvalue weighted by Crippen LogP contribution is 2.66. The third-order valence-electron chi connectivity index (χ3n) is 5.48. The predicted molar refractivity (Wildman–Crippen MR) is 89.5 cm³/mol. The summed E-state index contributed by atoms with van der Waals surface area (Å²) in [5.74, 6) is -4.24. The molecule has 156 valence electrons. The van der Waals surface area contributed by atoms with Crippen LogP contribution in [0.15, 0.2) is 24.1 Å². The van der Waals surface area contributed by atoms with Crippen molar-refractivity contribution in [3.8, 4) is 0 Å². The van der Waals surface area contributed by atoms with Crippen LogP contribution in [0.2, 0.25) is 0 Å². The average molecular weight is 406 g/mol. The summed E-state index contributed by atoms with van der Waals surface area (Å²) in [6, 6.07) is 0. The van der Waals surface area contributed by atoms with E-state index >= 15 is 0 Å². The van der Waals surface area contributed by atoms with Crippen molar-refractivity contribution in [3.63, 3.8) is 0 Å². The van der Waals surface area contributed by atoms with E-state index in [0.717, 1.165) is 18.2 Å². The molecule has 1 saturated carbocycles. The second-order valence-electron chi connectivity index (χ2n) is 7.46. The van der Waals surface area contributed by atoms with Crippen LogP contribution in [0.1, 0.15) is 40.0 Å². The SMILES string of the molecule is CCOC(=O)C1(C(=O)OCC)CC2(C=CC(=O)C(F)=C2)C(C)(CC(F)(F)F)C1. The van der Waals surface area contributed by atoms with Gasteiger partial charge in [-0.1, -0.05) is 13.0 Å². The largest absolute Gasteiger partial charge is 0.465 e. The number of rotatable bonds is 5. The summed E-state index contributed by atoms with van der Waals surface area (Å²) in [6.45, 7) is 4.03. The maximum absolute atomic E-state index is 14.1. The van der Waals surface area contributed by atoms with Crippen LogP contribution in [0.3, 0.4) is 0 Å². The normalized spacial score (nSPS) is 29.0. The molecule has 0 aromatic rings. The maximum atomic E-state index is 14.1. The van der Waals surface area contributed by atoms with Crippen LogP contribution in [0.25, 0.3) is 0 Å². The van der Waals surface area contributed by atoms with Crippen LogP contribution >= 0.6 is 0 Å². The first-order chi connectivity index (χ1) is 12.8. The fourth-order valence-corrected chi connectivity index (χ4v) is 4.32. The second-order valence-corrected chi connectivity index (χ2v) is 7.46. The fraction of sp³-hybridized carbons (Fsp3) is 0.632. The van der Waals surface area contributed by atoms with Gasteiger partial charge in [-0.2, -0.15) is 13.2 Å². The van der Waals surface area contributed by atoms with Gasteiger partial charge in [-0.3, -0.25) is 14.4 Å². The first-order valence-corrected chi connectivity index (χ1v) is 8.88. The van der Waals surface area contributed by atoms with E-state index in [-0.39, 0.29) is 13.2 Å². The average Bonchev–Trinajstić information content (AvgIpc) is 2.80. The van der Waals surface area contributed by atoms with Crippen molar-refractivity contribution in [1.29, 1.82) is 0 Å². The van der Waals surface area contributed by atoms with Crippen LogP contribution in [-0.4, -0.2) is 37.1 Å². The summed E-state index contributed by atoms with van der Waals surface area (Å²) in [5.41, 5.74) is -5.49. The monoisotopic (exact) mass is 406 g/mol. The number of hydrogen-bond acceptors (Lipinski definition) is 5. The topological polar surface area (TPSA) is 69.7 Å². The molecule has 1 fully saturated rings. The third-order valence-corrected chi connectivity index (χ3v) is 5.48. The Morgan fingerprint density at radius 2 is 1.64 bits per heavy atom. The molecule has 0 radical (unpaired) electrons.